The van der Waals surface area contributed by atoms with E-state index in [0.29, 0.717) is 30.3 Å². The van der Waals surface area contributed by atoms with Gasteiger partial charge in [-0.25, -0.2) is 0 Å². The number of nitrogens with zero attached hydrogens (tertiary/aromatic N) is 1. The van der Waals surface area contributed by atoms with E-state index < -0.39 is 0 Å². The Labute approximate surface area is 150 Å². The van der Waals surface area contributed by atoms with Crippen LogP contribution in [0.15, 0.2) is 36.4 Å². The summed E-state index contributed by atoms with van der Waals surface area (Å²) < 4.78 is 17.0. The Balaban J connectivity index is 2.05. The van der Waals surface area contributed by atoms with Crippen LogP contribution < -0.4 is 14.2 Å². The number of hydrogen-bond donors (Lipinski definition) is 0. The summed E-state index contributed by atoms with van der Waals surface area (Å²) in [6.45, 7) is 9.28. The van der Waals surface area contributed by atoms with E-state index in [2.05, 4.69) is 39.8 Å². The number of hydrogen-bond acceptors (Lipinski definition) is 4. The maximum atomic E-state index is 9.21. The molecule has 0 aliphatic carbocycles. The summed E-state index contributed by atoms with van der Waals surface area (Å²) in [5.41, 5.74) is 2.83. The van der Waals surface area contributed by atoms with Crippen LogP contribution in [-0.4, -0.2) is 20.3 Å². The molecule has 0 aromatic heterocycles. The van der Waals surface area contributed by atoms with Gasteiger partial charge in [0.2, 0.25) is 0 Å². The summed E-state index contributed by atoms with van der Waals surface area (Å²) in [5.74, 6) is 1.86. The summed E-state index contributed by atoms with van der Waals surface area (Å²) >= 11 is 0. The lowest BCUT2D eigenvalue weighted by atomic mass is 9.85. The maximum Gasteiger partial charge on any atom is 0.179 e. The lowest BCUT2D eigenvalue weighted by Gasteiger charge is -2.23. The Hall–Kier alpha value is -2.67. The van der Waals surface area contributed by atoms with Gasteiger partial charge >= 0.3 is 0 Å². The lowest BCUT2D eigenvalue weighted by molar-refractivity contribution is 0.208. The smallest absolute Gasteiger partial charge is 0.179 e. The largest absolute Gasteiger partial charge is 0.493 e. The second-order valence-electron chi connectivity index (χ2n) is 6.90. The van der Waals surface area contributed by atoms with Gasteiger partial charge in [-0.3, -0.25) is 0 Å². The Bertz CT molecular complexity index is 770. The molecule has 4 heteroatoms. The van der Waals surface area contributed by atoms with Gasteiger partial charge in [-0.15, -0.1) is 0 Å². The molecule has 0 spiro atoms. The van der Waals surface area contributed by atoms with E-state index in [0.717, 1.165) is 5.75 Å². The van der Waals surface area contributed by atoms with E-state index in [1.807, 2.05) is 12.1 Å². The monoisotopic (exact) mass is 339 g/mol. The van der Waals surface area contributed by atoms with Gasteiger partial charge in [0.05, 0.1) is 12.7 Å². The minimum Gasteiger partial charge on any atom is -0.493 e. The predicted octanol–water partition coefficient (Wildman–Crippen LogP) is 4.63. The topological polar surface area (TPSA) is 51.5 Å². The van der Waals surface area contributed by atoms with Gasteiger partial charge in [-0.05, 0) is 36.1 Å². The van der Waals surface area contributed by atoms with Crippen molar-refractivity contribution in [3.05, 3.63) is 53.1 Å². The van der Waals surface area contributed by atoms with Crippen molar-refractivity contribution in [1.82, 2.24) is 0 Å². The number of aryl methyl sites for hydroxylation is 1. The lowest BCUT2D eigenvalue weighted by Crippen LogP contribution is -2.16. The first-order valence-electron chi connectivity index (χ1n) is 8.30. The molecule has 132 valence electrons. The van der Waals surface area contributed by atoms with Gasteiger partial charge in [0.15, 0.2) is 11.5 Å². The summed E-state index contributed by atoms with van der Waals surface area (Å²) in [7, 11) is 1.56. The standard InChI is InChI=1S/C21H25NO3/c1-15-9-10-18(17(13-15)21(2,3)4)24-11-12-25-20-16(14-22)7-6-8-19(20)23-5/h6-10,13H,11-12H2,1-5H3. The second kappa shape index (κ2) is 7.94. The van der Waals surface area contributed by atoms with Crippen LogP contribution in [-0.2, 0) is 5.41 Å². The third-order valence-corrected chi connectivity index (χ3v) is 3.85. The van der Waals surface area contributed by atoms with E-state index in [9.17, 15) is 5.26 Å². The molecule has 0 saturated carbocycles. The van der Waals surface area contributed by atoms with Gasteiger partial charge in [-0.2, -0.15) is 5.26 Å². The molecule has 0 fully saturated rings. The Morgan fingerprint density at radius 3 is 2.36 bits per heavy atom. The molecule has 0 atom stereocenters. The first-order chi connectivity index (χ1) is 11.9. The first kappa shape index (κ1) is 18.7. The van der Waals surface area contributed by atoms with E-state index in [-0.39, 0.29) is 5.41 Å². The molecule has 2 rings (SSSR count). The average molecular weight is 339 g/mol. The van der Waals surface area contributed by atoms with Gasteiger partial charge < -0.3 is 14.2 Å². The molecule has 0 saturated heterocycles. The third-order valence-electron chi connectivity index (χ3n) is 3.85. The highest BCUT2D eigenvalue weighted by atomic mass is 16.5. The third kappa shape index (κ3) is 4.67. The van der Waals surface area contributed by atoms with Crippen molar-refractivity contribution in [1.29, 1.82) is 5.26 Å². The molecule has 0 amide bonds. The van der Waals surface area contributed by atoms with Gasteiger partial charge in [0, 0.05) is 0 Å². The van der Waals surface area contributed by atoms with Crippen molar-refractivity contribution in [2.45, 2.75) is 33.1 Å². The fourth-order valence-electron chi connectivity index (χ4n) is 2.56. The fraction of sp³-hybridized carbons (Fsp3) is 0.381. The zero-order valence-corrected chi connectivity index (χ0v) is 15.6. The second-order valence-corrected chi connectivity index (χ2v) is 6.90. The van der Waals surface area contributed by atoms with Crippen molar-refractivity contribution in [3.8, 4) is 23.3 Å². The predicted molar refractivity (Wildman–Crippen MR) is 98.6 cm³/mol. The summed E-state index contributed by atoms with van der Waals surface area (Å²) in [6, 6.07) is 13.6. The number of methoxy groups -OCH3 is 1. The highest BCUT2D eigenvalue weighted by Crippen LogP contribution is 2.33. The number of benzene rings is 2. The Morgan fingerprint density at radius 1 is 1.00 bits per heavy atom. The van der Waals surface area contributed by atoms with Gasteiger partial charge in [0.1, 0.15) is 25.0 Å². The van der Waals surface area contributed by atoms with Crippen LogP contribution in [0.4, 0.5) is 0 Å². The SMILES string of the molecule is COc1cccc(C#N)c1OCCOc1ccc(C)cc1C(C)(C)C. The highest BCUT2D eigenvalue weighted by molar-refractivity contribution is 5.52. The molecular weight excluding hydrogens is 314 g/mol. The molecule has 0 unspecified atom stereocenters. The molecule has 25 heavy (non-hydrogen) atoms. The molecule has 0 radical (unpaired) electrons. The van der Waals surface area contributed by atoms with E-state index in [1.165, 1.54) is 11.1 Å². The Morgan fingerprint density at radius 2 is 1.72 bits per heavy atom. The first-order valence-corrected chi connectivity index (χ1v) is 8.30. The zero-order chi connectivity index (χ0) is 18.4. The minimum atomic E-state index is -0.00115. The minimum absolute atomic E-state index is 0.00115. The Kier molecular flexibility index (Phi) is 5.93. The number of rotatable bonds is 6. The van der Waals surface area contributed by atoms with Crippen LogP contribution in [0, 0.1) is 18.3 Å². The van der Waals surface area contributed by atoms with E-state index in [4.69, 9.17) is 14.2 Å². The van der Waals surface area contributed by atoms with Crippen LogP contribution in [0.3, 0.4) is 0 Å². The van der Waals surface area contributed by atoms with E-state index in [1.54, 1.807) is 25.3 Å². The van der Waals surface area contributed by atoms with Crippen LogP contribution in [0.25, 0.3) is 0 Å². The van der Waals surface area contributed by atoms with Crippen LogP contribution in [0.1, 0.15) is 37.5 Å². The van der Waals surface area contributed by atoms with Gasteiger partial charge in [-0.1, -0.05) is 44.5 Å². The number of ether oxygens (including phenoxy) is 3. The highest BCUT2D eigenvalue weighted by Gasteiger charge is 2.19. The normalized spacial score (nSPS) is 10.9. The molecule has 2 aromatic carbocycles. The van der Waals surface area contributed by atoms with Crippen LogP contribution in [0.2, 0.25) is 0 Å². The summed E-state index contributed by atoms with van der Waals surface area (Å²) in [6.07, 6.45) is 0. The van der Waals surface area contributed by atoms with Crippen molar-refractivity contribution >= 4 is 0 Å². The summed E-state index contributed by atoms with van der Waals surface area (Å²) in [5, 5.41) is 9.21. The molecule has 0 heterocycles. The van der Waals surface area contributed by atoms with Crippen LogP contribution >= 0.6 is 0 Å². The van der Waals surface area contributed by atoms with Crippen molar-refractivity contribution in [2.24, 2.45) is 0 Å². The van der Waals surface area contributed by atoms with E-state index >= 15 is 0 Å². The molecule has 0 aliphatic rings. The van der Waals surface area contributed by atoms with Gasteiger partial charge in [0.25, 0.3) is 0 Å². The molecule has 0 N–H and O–H groups in total. The fourth-order valence-corrected chi connectivity index (χ4v) is 2.56. The molecular formula is C21H25NO3. The quantitative estimate of drug-likeness (QED) is 0.720. The maximum absolute atomic E-state index is 9.21. The summed E-state index contributed by atoms with van der Waals surface area (Å²) in [4.78, 5) is 0. The van der Waals surface area contributed by atoms with Crippen molar-refractivity contribution in [2.75, 3.05) is 20.3 Å². The average Bonchev–Trinajstić information content (AvgIpc) is 2.58. The van der Waals surface area contributed by atoms with Crippen LogP contribution in [0.5, 0.6) is 17.2 Å². The van der Waals surface area contributed by atoms with Crippen molar-refractivity contribution in [3.63, 3.8) is 0 Å². The molecule has 2 aromatic rings. The molecule has 0 bridgehead atoms. The number of para-hydroxylation sites is 1. The number of nitriles is 1. The zero-order valence-electron chi connectivity index (χ0n) is 15.6. The molecule has 4 nitrogen and oxygen atoms in total. The molecule has 0 aliphatic heterocycles. The van der Waals surface area contributed by atoms with Crippen molar-refractivity contribution < 1.29 is 14.2 Å².